The molecule has 2 nitrogen and oxygen atoms in total. The largest absolute Gasteiger partial charge is 0.377 e. The zero-order chi connectivity index (χ0) is 14.3. The van der Waals surface area contributed by atoms with Crippen LogP contribution < -0.4 is 5.32 Å². The second kappa shape index (κ2) is 8.23. The molecule has 0 fully saturated rings. The van der Waals surface area contributed by atoms with Crippen LogP contribution >= 0.6 is 0 Å². The molecule has 1 rings (SSSR count). The van der Waals surface area contributed by atoms with Crippen molar-refractivity contribution in [2.24, 2.45) is 0 Å². The highest BCUT2D eigenvalue weighted by molar-refractivity contribution is 5.19. The smallest absolute Gasteiger partial charge is 0.129 e. The second-order valence-electron chi connectivity index (χ2n) is 4.97. The molecule has 0 aliphatic rings. The van der Waals surface area contributed by atoms with E-state index >= 15 is 0 Å². The first-order valence-corrected chi connectivity index (χ1v) is 6.81. The molecule has 108 valence electrons. The molecule has 0 aromatic heterocycles. The summed E-state index contributed by atoms with van der Waals surface area (Å²) in [4.78, 5) is 0. The lowest BCUT2D eigenvalue weighted by Crippen LogP contribution is -2.37. The van der Waals surface area contributed by atoms with Crippen LogP contribution in [0, 0.1) is 11.6 Å². The summed E-state index contributed by atoms with van der Waals surface area (Å²) in [5, 5.41) is 3.33. The maximum Gasteiger partial charge on any atom is 0.129 e. The van der Waals surface area contributed by atoms with Crippen LogP contribution in [0.15, 0.2) is 18.2 Å². The van der Waals surface area contributed by atoms with Crippen molar-refractivity contribution in [1.29, 1.82) is 0 Å². The van der Waals surface area contributed by atoms with Crippen molar-refractivity contribution < 1.29 is 13.5 Å². The van der Waals surface area contributed by atoms with Crippen LogP contribution in [0.25, 0.3) is 0 Å². The molecule has 1 aromatic rings. The molecule has 19 heavy (non-hydrogen) atoms. The Balaban J connectivity index is 2.63. The van der Waals surface area contributed by atoms with E-state index in [1.807, 2.05) is 13.8 Å². The van der Waals surface area contributed by atoms with Gasteiger partial charge in [-0.1, -0.05) is 13.0 Å². The van der Waals surface area contributed by atoms with Gasteiger partial charge in [0.25, 0.3) is 0 Å². The van der Waals surface area contributed by atoms with Crippen molar-refractivity contribution >= 4 is 0 Å². The van der Waals surface area contributed by atoms with Crippen molar-refractivity contribution in [1.82, 2.24) is 5.32 Å². The zero-order valence-electron chi connectivity index (χ0n) is 11.9. The average molecular weight is 271 g/mol. The second-order valence-corrected chi connectivity index (χ2v) is 4.97. The van der Waals surface area contributed by atoms with E-state index in [2.05, 4.69) is 12.2 Å². The summed E-state index contributed by atoms with van der Waals surface area (Å²) in [7, 11) is 0. The van der Waals surface area contributed by atoms with Gasteiger partial charge in [0.15, 0.2) is 0 Å². The normalized spacial score (nSPS) is 12.9. The first-order chi connectivity index (χ1) is 9.02. The number of ether oxygens (including phenoxy) is 1. The molecular formula is C15H23F2NO. The van der Waals surface area contributed by atoms with Gasteiger partial charge in [-0.3, -0.25) is 0 Å². The Labute approximate surface area is 114 Å². The Morgan fingerprint density at radius 2 is 2.00 bits per heavy atom. The van der Waals surface area contributed by atoms with E-state index in [1.54, 1.807) is 0 Å². The number of benzene rings is 1. The van der Waals surface area contributed by atoms with E-state index in [9.17, 15) is 8.78 Å². The predicted octanol–water partition coefficient (Wildman–Crippen LogP) is 3.30. The topological polar surface area (TPSA) is 21.3 Å². The average Bonchev–Trinajstić information content (AvgIpc) is 2.35. The van der Waals surface area contributed by atoms with E-state index in [-0.39, 0.29) is 12.1 Å². The molecule has 0 aliphatic carbocycles. The Hall–Kier alpha value is -1.00. The highest BCUT2D eigenvalue weighted by atomic mass is 19.1. The molecule has 0 radical (unpaired) electrons. The van der Waals surface area contributed by atoms with Crippen LogP contribution in [0.4, 0.5) is 8.78 Å². The first-order valence-electron chi connectivity index (χ1n) is 6.81. The standard InChI is InChI=1S/C15H23F2NO/c1-4-7-18-14(10-19-11(2)3)8-12-5-6-13(16)9-15(12)17/h5-6,9,11,14,18H,4,7-8,10H2,1-3H3. The van der Waals surface area contributed by atoms with Gasteiger partial charge in [0, 0.05) is 12.1 Å². The summed E-state index contributed by atoms with van der Waals surface area (Å²) in [6.45, 7) is 7.39. The molecule has 0 bridgehead atoms. The molecule has 1 N–H and O–H groups in total. The van der Waals surface area contributed by atoms with Crippen LogP contribution in [0.3, 0.4) is 0 Å². The lowest BCUT2D eigenvalue weighted by atomic mass is 10.1. The molecule has 1 atom stereocenters. The quantitative estimate of drug-likeness (QED) is 0.783. The van der Waals surface area contributed by atoms with Crippen LogP contribution in [0.1, 0.15) is 32.8 Å². The number of halogens is 2. The van der Waals surface area contributed by atoms with Crippen LogP contribution in [-0.2, 0) is 11.2 Å². The number of hydrogen-bond donors (Lipinski definition) is 1. The molecule has 1 aromatic carbocycles. The molecule has 1 unspecified atom stereocenters. The summed E-state index contributed by atoms with van der Waals surface area (Å²) in [5.74, 6) is -1.04. The Kier molecular flexibility index (Phi) is 6.95. The zero-order valence-corrected chi connectivity index (χ0v) is 11.9. The molecular weight excluding hydrogens is 248 g/mol. The third-order valence-electron chi connectivity index (χ3n) is 2.80. The van der Waals surface area contributed by atoms with Gasteiger partial charge in [0.1, 0.15) is 11.6 Å². The first kappa shape index (κ1) is 16.1. The Morgan fingerprint density at radius 1 is 1.26 bits per heavy atom. The van der Waals surface area contributed by atoms with E-state index in [4.69, 9.17) is 4.74 Å². The minimum atomic E-state index is -0.544. The number of nitrogens with one attached hydrogen (secondary N) is 1. The van der Waals surface area contributed by atoms with Crippen molar-refractivity contribution in [3.05, 3.63) is 35.4 Å². The molecule has 0 aliphatic heterocycles. The van der Waals surface area contributed by atoms with Crippen molar-refractivity contribution in [3.63, 3.8) is 0 Å². The van der Waals surface area contributed by atoms with Gasteiger partial charge >= 0.3 is 0 Å². The summed E-state index contributed by atoms with van der Waals surface area (Å²) >= 11 is 0. The van der Waals surface area contributed by atoms with Gasteiger partial charge in [0.05, 0.1) is 12.7 Å². The SMILES string of the molecule is CCCNC(COC(C)C)Cc1ccc(F)cc1F. The van der Waals surface area contributed by atoms with Gasteiger partial charge in [-0.2, -0.15) is 0 Å². The van der Waals surface area contributed by atoms with E-state index in [0.717, 1.165) is 19.0 Å². The Bertz CT molecular complexity index is 382. The molecule has 0 spiro atoms. The molecule has 0 saturated carbocycles. The van der Waals surface area contributed by atoms with Gasteiger partial charge in [0.2, 0.25) is 0 Å². The van der Waals surface area contributed by atoms with E-state index in [0.29, 0.717) is 18.6 Å². The summed E-state index contributed by atoms with van der Waals surface area (Å²) in [5.41, 5.74) is 0.516. The van der Waals surface area contributed by atoms with Crippen LogP contribution in [0.5, 0.6) is 0 Å². The molecule has 0 amide bonds. The van der Waals surface area contributed by atoms with Crippen molar-refractivity contribution in [3.8, 4) is 0 Å². The lowest BCUT2D eigenvalue weighted by Gasteiger charge is -2.20. The van der Waals surface area contributed by atoms with E-state index < -0.39 is 11.6 Å². The monoisotopic (exact) mass is 271 g/mol. The minimum absolute atomic E-state index is 0.0438. The van der Waals surface area contributed by atoms with Gasteiger partial charge in [-0.15, -0.1) is 0 Å². The maximum atomic E-state index is 13.6. The minimum Gasteiger partial charge on any atom is -0.377 e. The van der Waals surface area contributed by atoms with Gasteiger partial charge < -0.3 is 10.1 Å². The number of hydrogen-bond acceptors (Lipinski definition) is 2. The summed E-state index contributed by atoms with van der Waals surface area (Å²) in [6.07, 6.45) is 1.65. The van der Waals surface area contributed by atoms with Crippen molar-refractivity contribution in [2.75, 3.05) is 13.2 Å². The molecule has 0 heterocycles. The molecule has 4 heteroatoms. The fraction of sp³-hybridized carbons (Fsp3) is 0.600. The third kappa shape index (κ3) is 6.12. The van der Waals surface area contributed by atoms with E-state index in [1.165, 1.54) is 12.1 Å². The summed E-state index contributed by atoms with van der Waals surface area (Å²) in [6, 6.07) is 3.76. The summed E-state index contributed by atoms with van der Waals surface area (Å²) < 4.78 is 32.1. The van der Waals surface area contributed by atoms with Gasteiger partial charge in [-0.05, 0) is 44.9 Å². The lowest BCUT2D eigenvalue weighted by molar-refractivity contribution is 0.0611. The maximum absolute atomic E-state index is 13.6. The highest BCUT2D eigenvalue weighted by Gasteiger charge is 2.13. The predicted molar refractivity (Wildman–Crippen MR) is 73.2 cm³/mol. The van der Waals surface area contributed by atoms with Gasteiger partial charge in [-0.25, -0.2) is 8.78 Å². The van der Waals surface area contributed by atoms with Crippen LogP contribution in [0.2, 0.25) is 0 Å². The number of rotatable bonds is 8. The highest BCUT2D eigenvalue weighted by Crippen LogP contribution is 2.12. The Morgan fingerprint density at radius 3 is 2.58 bits per heavy atom. The fourth-order valence-corrected chi connectivity index (χ4v) is 1.80. The third-order valence-corrected chi connectivity index (χ3v) is 2.80. The van der Waals surface area contributed by atoms with Crippen molar-refractivity contribution in [2.45, 2.75) is 45.8 Å². The van der Waals surface area contributed by atoms with Crippen LogP contribution in [-0.4, -0.2) is 25.3 Å². The molecule has 0 saturated heterocycles. The fourth-order valence-electron chi connectivity index (χ4n) is 1.80.